The first-order valence-electron chi connectivity index (χ1n) is 9.73. The highest BCUT2D eigenvalue weighted by molar-refractivity contribution is 7.99. The fraction of sp³-hybridized carbons (Fsp3) is 0.0870. The van der Waals surface area contributed by atoms with Gasteiger partial charge in [0, 0.05) is 18.3 Å². The quantitative estimate of drug-likeness (QED) is 0.289. The Balaban J connectivity index is 1.31. The highest BCUT2D eigenvalue weighted by Crippen LogP contribution is 2.24. The number of amides is 1. The highest BCUT2D eigenvalue weighted by atomic mass is 32.2. The lowest BCUT2D eigenvalue weighted by Gasteiger charge is -2.06. The second-order valence-electron chi connectivity index (χ2n) is 6.79. The summed E-state index contributed by atoms with van der Waals surface area (Å²) in [6, 6.07) is 22.6. The molecule has 0 unspecified atom stereocenters. The third kappa shape index (κ3) is 5.44. The number of nitrogens with zero attached hydrogens (tertiary/aromatic N) is 5. The Bertz CT molecular complexity index is 1220. The van der Waals surface area contributed by atoms with Crippen LogP contribution in [-0.4, -0.2) is 26.4 Å². The van der Waals surface area contributed by atoms with E-state index in [1.807, 2.05) is 37.4 Å². The SMILES string of the molecule is Cn1c(SCC(=O)Nc2ccc(N=Nc3ccccc3)cc2)nnc1-c1ccc(F)cc1. The standard InChI is InChI=1S/C23H19FN6OS/c1-30-22(16-7-9-17(24)10-8-16)28-29-23(30)32-15-21(31)25-18-11-13-20(14-12-18)27-26-19-5-3-2-4-6-19/h2-14H,15H2,1H3,(H,25,31). The molecule has 1 heterocycles. The van der Waals surface area contributed by atoms with Gasteiger partial charge in [-0.3, -0.25) is 4.79 Å². The molecule has 3 aromatic carbocycles. The molecule has 0 fully saturated rings. The maximum absolute atomic E-state index is 13.1. The first kappa shape index (κ1) is 21.4. The second-order valence-corrected chi connectivity index (χ2v) is 7.73. The van der Waals surface area contributed by atoms with Gasteiger partial charge in [-0.25, -0.2) is 4.39 Å². The molecule has 0 aliphatic carbocycles. The number of thioether (sulfide) groups is 1. The number of anilines is 1. The van der Waals surface area contributed by atoms with Crippen LogP contribution in [-0.2, 0) is 11.8 Å². The van der Waals surface area contributed by atoms with Crippen molar-refractivity contribution in [3.63, 3.8) is 0 Å². The van der Waals surface area contributed by atoms with Gasteiger partial charge in [0.05, 0.1) is 17.1 Å². The molecule has 4 rings (SSSR count). The molecule has 7 nitrogen and oxygen atoms in total. The predicted molar refractivity (Wildman–Crippen MR) is 123 cm³/mol. The van der Waals surface area contributed by atoms with Crippen molar-refractivity contribution in [2.45, 2.75) is 5.16 Å². The number of carbonyl (C=O) groups excluding carboxylic acids is 1. The fourth-order valence-electron chi connectivity index (χ4n) is 2.84. The minimum atomic E-state index is -0.311. The van der Waals surface area contributed by atoms with Gasteiger partial charge < -0.3 is 9.88 Å². The molecule has 0 radical (unpaired) electrons. The van der Waals surface area contributed by atoms with E-state index in [0.717, 1.165) is 11.3 Å². The van der Waals surface area contributed by atoms with E-state index >= 15 is 0 Å². The lowest BCUT2D eigenvalue weighted by atomic mass is 10.2. The summed E-state index contributed by atoms with van der Waals surface area (Å²) in [5, 5.41) is 20.1. The number of benzene rings is 3. The minimum absolute atomic E-state index is 0.167. The molecule has 0 saturated carbocycles. The van der Waals surface area contributed by atoms with Gasteiger partial charge in [0.15, 0.2) is 11.0 Å². The molecule has 0 atom stereocenters. The molecule has 0 saturated heterocycles. The number of nitrogens with one attached hydrogen (secondary N) is 1. The first-order chi connectivity index (χ1) is 15.6. The van der Waals surface area contributed by atoms with Gasteiger partial charge in [0.1, 0.15) is 5.82 Å². The normalized spacial score (nSPS) is 11.1. The molecule has 0 aliphatic heterocycles. The smallest absolute Gasteiger partial charge is 0.234 e. The number of aromatic nitrogens is 3. The summed E-state index contributed by atoms with van der Waals surface area (Å²) < 4.78 is 14.9. The van der Waals surface area contributed by atoms with Crippen molar-refractivity contribution < 1.29 is 9.18 Å². The summed E-state index contributed by atoms with van der Waals surface area (Å²) in [6.45, 7) is 0. The monoisotopic (exact) mass is 446 g/mol. The zero-order chi connectivity index (χ0) is 22.3. The molecule has 32 heavy (non-hydrogen) atoms. The van der Waals surface area contributed by atoms with E-state index in [9.17, 15) is 9.18 Å². The average Bonchev–Trinajstić information content (AvgIpc) is 3.18. The third-order valence-electron chi connectivity index (χ3n) is 4.46. The molecule has 1 N–H and O–H groups in total. The van der Waals surface area contributed by atoms with Crippen molar-refractivity contribution in [2.75, 3.05) is 11.1 Å². The lowest BCUT2D eigenvalue weighted by molar-refractivity contribution is -0.113. The van der Waals surface area contributed by atoms with Crippen molar-refractivity contribution in [2.24, 2.45) is 17.3 Å². The van der Waals surface area contributed by atoms with E-state index in [-0.39, 0.29) is 17.5 Å². The zero-order valence-corrected chi connectivity index (χ0v) is 18.0. The summed E-state index contributed by atoms with van der Waals surface area (Å²) in [6.07, 6.45) is 0. The molecule has 0 spiro atoms. The van der Waals surface area contributed by atoms with Gasteiger partial charge >= 0.3 is 0 Å². The van der Waals surface area contributed by atoms with Gasteiger partial charge in [0.2, 0.25) is 5.91 Å². The summed E-state index contributed by atoms with van der Waals surface area (Å²) in [7, 11) is 1.81. The van der Waals surface area contributed by atoms with Crippen molar-refractivity contribution in [3.8, 4) is 11.4 Å². The summed E-state index contributed by atoms with van der Waals surface area (Å²) in [5.74, 6) is 0.299. The number of rotatable bonds is 7. The van der Waals surface area contributed by atoms with Crippen LogP contribution < -0.4 is 5.32 Å². The Morgan fingerprint density at radius 3 is 2.28 bits per heavy atom. The third-order valence-corrected chi connectivity index (χ3v) is 5.48. The number of halogens is 1. The van der Waals surface area contributed by atoms with Gasteiger partial charge in [-0.05, 0) is 60.7 Å². The molecule has 9 heteroatoms. The minimum Gasteiger partial charge on any atom is -0.325 e. The van der Waals surface area contributed by atoms with Crippen LogP contribution in [0.15, 0.2) is 94.2 Å². The summed E-state index contributed by atoms with van der Waals surface area (Å²) in [4.78, 5) is 12.3. The first-order valence-corrected chi connectivity index (χ1v) is 10.7. The summed E-state index contributed by atoms with van der Waals surface area (Å²) >= 11 is 1.27. The van der Waals surface area contributed by atoms with E-state index in [1.54, 1.807) is 41.0 Å². The molecule has 160 valence electrons. The number of carbonyl (C=O) groups is 1. The van der Waals surface area contributed by atoms with E-state index in [1.165, 1.54) is 23.9 Å². The van der Waals surface area contributed by atoms with Crippen LogP contribution in [0.2, 0.25) is 0 Å². The second kappa shape index (κ2) is 9.97. The van der Waals surface area contributed by atoms with E-state index < -0.39 is 0 Å². The molecule has 1 aromatic heterocycles. The van der Waals surface area contributed by atoms with Crippen LogP contribution >= 0.6 is 11.8 Å². The Morgan fingerprint density at radius 2 is 1.59 bits per heavy atom. The molecular formula is C23H19FN6OS. The Hall–Kier alpha value is -3.85. The average molecular weight is 447 g/mol. The highest BCUT2D eigenvalue weighted by Gasteiger charge is 2.13. The van der Waals surface area contributed by atoms with Gasteiger partial charge in [-0.1, -0.05) is 30.0 Å². The number of hydrogen-bond donors (Lipinski definition) is 1. The van der Waals surface area contributed by atoms with Crippen LogP contribution in [0.1, 0.15) is 0 Å². The topological polar surface area (TPSA) is 84.5 Å². The van der Waals surface area contributed by atoms with Gasteiger partial charge in [-0.2, -0.15) is 10.2 Å². The Kier molecular flexibility index (Phi) is 6.66. The van der Waals surface area contributed by atoms with Crippen LogP contribution in [0.3, 0.4) is 0 Å². The Labute approximate surface area is 188 Å². The molecular weight excluding hydrogens is 427 g/mol. The lowest BCUT2D eigenvalue weighted by Crippen LogP contribution is -2.14. The molecule has 0 aliphatic rings. The van der Waals surface area contributed by atoms with Crippen molar-refractivity contribution in [3.05, 3.63) is 84.7 Å². The van der Waals surface area contributed by atoms with Crippen molar-refractivity contribution >= 4 is 34.7 Å². The summed E-state index contributed by atoms with van der Waals surface area (Å²) in [5.41, 5.74) is 2.88. The molecule has 4 aromatic rings. The maximum atomic E-state index is 13.1. The maximum Gasteiger partial charge on any atom is 0.234 e. The largest absolute Gasteiger partial charge is 0.325 e. The van der Waals surface area contributed by atoms with E-state index in [4.69, 9.17) is 0 Å². The van der Waals surface area contributed by atoms with Crippen LogP contribution in [0.5, 0.6) is 0 Å². The van der Waals surface area contributed by atoms with Crippen molar-refractivity contribution in [1.29, 1.82) is 0 Å². The Morgan fingerprint density at radius 1 is 0.938 bits per heavy atom. The number of hydrogen-bond acceptors (Lipinski definition) is 6. The van der Waals surface area contributed by atoms with Crippen LogP contribution in [0.4, 0.5) is 21.5 Å². The molecule has 0 bridgehead atoms. The number of azo groups is 1. The van der Waals surface area contributed by atoms with Crippen LogP contribution in [0.25, 0.3) is 11.4 Å². The predicted octanol–water partition coefficient (Wildman–Crippen LogP) is 5.77. The van der Waals surface area contributed by atoms with Crippen LogP contribution in [0, 0.1) is 5.82 Å². The van der Waals surface area contributed by atoms with Gasteiger partial charge in [0.25, 0.3) is 0 Å². The zero-order valence-electron chi connectivity index (χ0n) is 17.1. The fourth-order valence-corrected chi connectivity index (χ4v) is 3.55. The van der Waals surface area contributed by atoms with Gasteiger partial charge in [-0.15, -0.1) is 10.2 Å². The van der Waals surface area contributed by atoms with E-state index in [0.29, 0.717) is 22.4 Å². The van der Waals surface area contributed by atoms with E-state index in [2.05, 4.69) is 25.7 Å². The molecule has 1 amide bonds. The van der Waals surface area contributed by atoms with Crippen molar-refractivity contribution in [1.82, 2.24) is 14.8 Å².